The van der Waals surface area contributed by atoms with Crippen LogP contribution in [0.3, 0.4) is 0 Å². The number of imidazole rings is 1. The fourth-order valence-electron chi connectivity index (χ4n) is 1.04. The van der Waals surface area contributed by atoms with Gasteiger partial charge in [-0.3, -0.25) is 0 Å². The molecule has 0 spiro atoms. The van der Waals surface area contributed by atoms with Crippen molar-refractivity contribution in [3.8, 4) is 0 Å². The standard InChI is InChI=1S/C8H13N2/c1-4-5-8-9(2)6-7-10(8)3/h4,6-7H,1,5H2,2-3H3/q+1. The van der Waals surface area contributed by atoms with Gasteiger partial charge in [0.15, 0.2) is 0 Å². The van der Waals surface area contributed by atoms with E-state index in [1.807, 2.05) is 32.6 Å². The maximum Gasteiger partial charge on any atom is 0.259 e. The second kappa shape index (κ2) is 2.69. The second-order valence-electron chi connectivity index (χ2n) is 2.43. The lowest BCUT2D eigenvalue weighted by molar-refractivity contribution is -0.678. The largest absolute Gasteiger partial charge is 0.259 e. The maximum atomic E-state index is 3.69. The first-order valence-electron chi connectivity index (χ1n) is 3.36. The average Bonchev–Trinajstić information content (AvgIpc) is 2.20. The molecule has 0 N–H and O–H groups in total. The van der Waals surface area contributed by atoms with Gasteiger partial charge < -0.3 is 0 Å². The fraction of sp³-hybridized carbons (Fsp3) is 0.375. The minimum absolute atomic E-state index is 0.931. The van der Waals surface area contributed by atoms with Crippen LogP contribution in [0.1, 0.15) is 5.82 Å². The van der Waals surface area contributed by atoms with Crippen LogP contribution in [0.4, 0.5) is 0 Å². The maximum absolute atomic E-state index is 3.69. The molecule has 10 heavy (non-hydrogen) atoms. The molecule has 1 aromatic heterocycles. The van der Waals surface area contributed by atoms with E-state index in [1.54, 1.807) is 0 Å². The summed E-state index contributed by atoms with van der Waals surface area (Å²) in [6.07, 6.45) is 6.92. The molecule has 1 rings (SSSR count). The molecule has 0 aliphatic rings. The van der Waals surface area contributed by atoms with Crippen LogP contribution in [-0.2, 0) is 20.5 Å². The van der Waals surface area contributed by atoms with E-state index in [1.165, 1.54) is 5.82 Å². The van der Waals surface area contributed by atoms with Crippen LogP contribution < -0.4 is 4.57 Å². The third kappa shape index (κ3) is 1.10. The Hall–Kier alpha value is -1.05. The van der Waals surface area contributed by atoms with E-state index in [0.717, 1.165) is 6.42 Å². The summed E-state index contributed by atoms with van der Waals surface area (Å²) in [5, 5.41) is 0. The van der Waals surface area contributed by atoms with Gasteiger partial charge in [0.2, 0.25) is 0 Å². The zero-order chi connectivity index (χ0) is 7.56. The number of aryl methyl sites for hydroxylation is 2. The SMILES string of the molecule is C=CCc1n(C)cc[n+]1C. The molecule has 54 valence electrons. The van der Waals surface area contributed by atoms with Crippen molar-refractivity contribution in [1.29, 1.82) is 0 Å². The van der Waals surface area contributed by atoms with Crippen LogP contribution in [-0.4, -0.2) is 4.57 Å². The minimum atomic E-state index is 0.931. The van der Waals surface area contributed by atoms with Crippen molar-refractivity contribution in [2.45, 2.75) is 6.42 Å². The summed E-state index contributed by atoms with van der Waals surface area (Å²) in [5.74, 6) is 1.27. The lowest BCUT2D eigenvalue weighted by atomic mass is 10.4. The Balaban J connectivity index is 2.97. The molecule has 0 bridgehead atoms. The lowest BCUT2D eigenvalue weighted by Crippen LogP contribution is -2.31. The third-order valence-corrected chi connectivity index (χ3v) is 1.66. The topological polar surface area (TPSA) is 8.81 Å². The van der Waals surface area contributed by atoms with Gasteiger partial charge in [-0.1, -0.05) is 6.08 Å². The smallest absolute Gasteiger partial charge is 0.237 e. The summed E-state index contributed by atoms with van der Waals surface area (Å²) < 4.78 is 4.20. The first-order chi connectivity index (χ1) is 4.75. The van der Waals surface area contributed by atoms with Crippen molar-refractivity contribution in [2.24, 2.45) is 14.1 Å². The molecule has 0 radical (unpaired) electrons. The first-order valence-corrected chi connectivity index (χ1v) is 3.36. The van der Waals surface area contributed by atoms with E-state index in [2.05, 4.69) is 15.7 Å². The van der Waals surface area contributed by atoms with Gasteiger partial charge in [0, 0.05) is 0 Å². The van der Waals surface area contributed by atoms with Crippen molar-refractivity contribution >= 4 is 0 Å². The molecule has 1 heterocycles. The van der Waals surface area contributed by atoms with Crippen molar-refractivity contribution in [3.05, 3.63) is 30.9 Å². The Morgan fingerprint density at radius 1 is 1.80 bits per heavy atom. The normalized spacial score (nSPS) is 9.80. The van der Waals surface area contributed by atoms with Crippen LogP contribution in [0.25, 0.3) is 0 Å². The summed E-state index contributed by atoms with van der Waals surface area (Å²) in [6.45, 7) is 3.69. The molecular weight excluding hydrogens is 124 g/mol. The van der Waals surface area contributed by atoms with Crippen molar-refractivity contribution in [1.82, 2.24) is 4.57 Å². The van der Waals surface area contributed by atoms with Gasteiger partial charge in [-0.2, -0.15) is 0 Å². The van der Waals surface area contributed by atoms with Gasteiger partial charge in [0.25, 0.3) is 5.82 Å². The number of hydrogen-bond acceptors (Lipinski definition) is 0. The Morgan fingerprint density at radius 2 is 2.50 bits per heavy atom. The van der Waals surface area contributed by atoms with Crippen molar-refractivity contribution in [2.75, 3.05) is 0 Å². The van der Waals surface area contributed by atoms with Crippen LogP contribution in [0.2, 0.25) is 0 Å². The molecule has 0 aliphatic carbocycles. The first kappa shape index (κ1) is 7.06. The Morgan fingerprint density at radius 3 is 2.90 bits per heavy atom. The highest BCUT2D eigenvalue weighted by Gasteiger charge is 2.06. The summed E-state index contributed by atoms with van der Waals surface area (Å²) >= 11 is 0. The summed E-state index contributed by atoms with van der Waals surface area (Å²) in [4.78, 5) is 0. The van der Waals surface area contributed by atoms with Gasteiger partial charge in [0.1, 0.15) is 12.4 Å². The van der Waals surface area contributed by atoms with Gasteiger partial charge in [-0.15, -0.1) is 6.58 Å². The van der Waals surface area contributed by atoms with E-state index in [-0.39, 0.29) is 0 Å². The van der Waals surface area contributed by atoms with Gasteiger partial charge in [-0.05, 0) is 0 Å². The van der Waals surface area contributed by atoms with Crippen LogP contribution in [0.5, 0.6) is 0 Å². The van der Waals surface area contributed by atoms with Gasteiger partial charge in [-0.25, -0.2) is 9.13 Å². The van der Waals surface area contributed by atoms with Gasteiger partial charge >= 0.3 is 0 Å². The number of aromatic nitrogens is 2. The molecule has 0 saturated carbocycles. The summed E-state index contributed by atoms with van der Waals surface area (Å²) in [7, 11) is 4.08. The van der Waals surface area contributed by atoms with E-state index >= 15 is 0 Å². The quantitative estimate of drug-likeness (QED) is 0.416. The highest BCUT2D eigenvalue weighted by atomic mass is 15.1. The van der Waals surface area contributed by atoms with E-state index in [9.17, 15) is 0 Å². The molecule has 0 aromatic carbocycles. The van der Waals surface area contributed by atoms with Crippen LogP contribution in [0, 0.1) is 0 Å². The Bertz CT molecular complexity index is 216. The van der Waals surface area contributed by atoms with E-state index in [4.69, 9.17) is 0 Å². The molecule has 0 saturated heterocycles. The highest BCUT2D eigenvalue weighted by Crippen LogP contribution is 1.91. The molecular formula is C8H13N2+. The monoisotopic (exact) mass is 137 g/mol. The Labute approximate surface area is 61.4 Å². The lowest BCUT2D eigenvalue weighted by Gasteiger charge is -1.91. The van der Waals surface area contributed by atoms with E-state index in [0.29, 0.717) is 0 Å². The van der Waals surface area contributed by atoms with Crippen LogP contribution >= 0.6 is 0 Å². The number of allylic oxidation sites excluding steroid dienone is 1. The molecule has 0 atom stereocenters. The van der Waals surface area contributed by atoms with Gasteiger partial charge in [0.05, 0.1) is 20.5 Å². The number of rotatable bonds is 2. The molecule has 2 heteroatoms. The fourth-order valence-corrected chi connectivity index (χ4v) is 1.04. The summed E-state index contributed by atoms with van der Waals surface area (Å²) in [5.41, 5.74) is 0. The molecule has 0 amide bonds. The molecule has 1 aromatic rings. The van der Waals surface area contributed by atoms with Crippen molar-refractivity contribution in [3.63, 3.8) is 0 Å². The zero-order valence-corrected chi connectivity index (χ0v) is 6.54. The average molecular weight is 137 g/mol. The third-order valence-electron chi connectivity index (χ3n) is 1.66. The zero-order valence-electron chi connectivity index (χ0n) is 6.54. The molecule has 2 nitrogen and oxygen atoms in total. The van der Waals surface area contributed by atoms with Crippen molar-refractivity contribution < 1.29 is 4.57 Å². The number of hydrogen-bond donors (Lipinski definition) is 0. The van der Waals surface area contributed by atoms with Crippen LogP contribution in [0.15, 0.2) is 25.0 Å². The molecule has 0 aliphatic heterocycles. The minimum Gasteiger partial charge on any atom is -0.237 e. The summed E-state index contributed by atoms with van der Waals surface area (Å²) in [6, 6.07) is 0. The van der Waals surface area contributed by atoms with E-state index < -0.39 is 0 Å². The Kier molecular flexibility index (Phi) is 1.90. The molecule has 0 unspecified atom stereocenters. The predicted octanol–water partition coefficient (Wildman–Crippen LogP) is 0.578. The predicted molar refractivity (Wildman–Crippen MR) is 40.5 cm³/mol. The number of nitrogens with zero attached hydrogens (tertiary/aromatic N) is 2. The highest BCUT2D eigenvalue weighted by molar-refractivity contribution is 4.88. The second-order valence-corrected chi connectivity index (χ2v) is 2.43. The molecule has 0 fully saturated rings.